The molecule has 1 heteroatoms. The molecule has 0 bridgehead atoms. The van der Waals surface area contributed by atoms with Crippen LogP contribution >= 0.6 is 0 Å². The van der Waals surface area contributed by atoms with Crippen LogP contribution in [0, 0.1) is 5.92 Å². The van der Waals surface area contributed by atoms with Crippen LogP contribution in [-0.2, 0) is 4.79 Å². The lowest BCUT2D eigenvalue weighted by atomic mass is 9.95. The summed E-state index contributed by atoms with van der Waals surface area (Å²) < 4.78 is 0. The molecule has 0 aliphatic heterocycles. The number of carbonyl (C=O) groups is 1. The first-order chi connectivity index (χ1) is 6.58. The molecule has 1 nitrogen and oxygen atoms in total. The van der Waals surface area contributed by atoms with Crippen molar-refractivity contribution in [2.24, 2.45) is 5.92 Å². The Labute approximate surface area is 86.9 Å². The van der Waals surface area contributed by atoms with E-state index in [2.05, 4.69) is 20.4 Å². The number of allylic oxidation sites excluding steroid dienone is 3. The Morgan fingerprint density at radius 3 is 2.79 bits per heavy atom. The molecule has 0 aromatic rings. The molecule has 1 unspecified atom stereocenters. The molecule has 78 valence electrons. The van der Waals surface area contributed by atoms with Crippen LogP contribution in [0.25, 0.3) is 0 Å². The standard InChI is InChI=1S/C13H20O/c1-10(2)4-5-11(3)8-12-6-7-13(14)9-12/h9,11H,1,4-8H2,2-3H3. The second-order valence-corrected chi connectivity index (χ2v) is 4.57. The Bertz CT molecular complexity index is 260. The summed E-state index contributed by atoms with van der Waals surface area (Å²) in [6.45, 7) is 8.23. The number of ketones is 1. The zero-order chi connectivity index (χ0) is 10.6. The van der Waals surface area contributed by atoms with Gasteiger partial charge in [-0.05, 0) is 44.6 Å². The largest absolute Gasteiger partial charge is 0.295 e. The Morgan fingerprint density at radius 1 is 1.57 bits per heavy atom. The summed E-state index contributed by atoms with van der Waals surface area (Å²) in [4.78, 5) is 11.0. The van der Waals surface area contributed by atoms with Crippen molar-refractivity contribution >= 4 is 5.78 Å². The zero-order valence-electron chi connectivity index (χ0n) is 9.31. The first-order valence-electron chi connectivity index (χ1n) is 5.44. The third-order valence-electron chi connectivity index (χ3n) is 2.73. The van der Waals surface area contributed by atoms with E-state index in [-0.39, 0.29) is 0 Å². The van der Waals surface area contributed by atoms with Gasteiger partial charge in [0.2, 0.25) is 0 Å². The smallest absolute Gasteiger partial charge is 0.155 e. The molecular formula is C13H20O. The van der Waals surface area contributed by atoms with Gasteiger partial charge in [-0.2, -0.15) is 0 Å². The van der Waals surface area contributed by atoms with Gasteiger partial charge in [0.15, 0.2) is 5.78 Å². The second-order valence-electron chi connectivity index (χ2n) is 4.57. The van der Waals surface area contributed by atoms with Crippen LogP contribution in [0.15, 0.2) is 23.8 Å². The van der Waals surface area contributed by atoms with Gasteiger partial charge in [0.05, 0.1) is 0 Å². The summed E-state index contributed by atoms with van der Waals surface area (Å²) >= 11 is 0. The van der Waals surface area contributed by atoms with Crippen LogP contribution in [0.3, 0.4) is 0 Å². The lowest BCUT2D eigenvalue weighted by Crippen LogP contribution is -1.96. The highest BCUT2D eigenvalue weighted by atomic mass is 16.1. The van der Waals surface area contributed by atoms with E-state index in [0.717, 1.165) is 25.7 Å². The van der Waals surface area contributed by atoms with Gasteiger partial charge in [0, 0.05) is 6.42 Å². The van der Waals surface area contributed by atoms with Gasteiger partial charge < -0.3 is 0 Å². The third kappa shape index (κ3) is 3.91. The fraction of sp³-hybridized carbons (Fsp3) is 0.615. The highest BCUT2D eigenvalue weighted by Gasteiger charge is 2.14. The Morgan fingerprint density at radius 2 is 2.29 bits per heavy atom. The zero-order valence-corrected chi connectivity index (χ0v) is 9.31. The number of hydrogen-bond acceptors (Lipinski definition) is 1. The molecule has 1 aliphatic rings. The van der Waals surface area contributed by atoms with Gasteiger partial charge in [0.25, 0.3) is 0 Å². The molecule has 0 radical (unpaired) electrons. The molecule has 0 saturated heterocycles. The van der Waals surface area contributed by atoms with E-state index < -0.39 is 0 Å². The van der Waals surface area contributed by atoms with Gasteiger partial charge >= 0.3 is 0 Å². The van der Waals surface area contributed by atoms with E-state index in [1.807, 2.05) is 6.08 Å². The van der Waals surface area contributed by atoms with Crippen LogP contribution in [0.2, 0.25) is 0 Å². The maximum atomic E-state index is 11.0. The fourth-order valence-corrected chi connectivity index (χ4v) is 1.86. The van der Waals surface area contributed by atoms with Crippen LogP contribution in [0.5, 0.6) is 0 Å². The minimum Gasteiger partial charge on any atom is -0.295 e. The molecule has 0 heterocycles. The first kappa shape index (κ1) is 11.2. The SMILES string of the molecule is C=C(C)CCC(C)CC1=CC(=O)CC1. The van der Waals surface area contributed by atoms with Gasteiger partial charge in [-0.15, -0.1) is 6.58 Å². The Kier molecular flexibility index (Phi) is 4.12. The molecule has 0 amide bonds. The predicted octanol–water partition coefficient (Wildman–Crippen LogP) is 3.66. The van der Waals surface area contributed by atoms with E-state index in [4.69, 9.17) is 0 Å². The van der Waals surface area contributed by atoms with Gasteiger partial charge in [-0.3, -0.25) is 4.79 Å². The average Bonchev–Trinajstić information content (AvgIpc) is 2.48. The van der Waals surface area contributed by atoms with Gasteiger partial charge in [-0.1, -0.05) is 18.1 Å². The lowest BCUT2D eigenvalue weighted by Gasteiger charge is -2.11. The minimum absolute atomic E-state index is 0.312. The minimum atomic E-state index is 0.312. The number of hydrogen-bond donors (Lipinski definition) is 0. The van der Waals surface area contributed by atoms with Crippen molar-refractivity contribution in [3.8, 4) is 0 Å². The molecule has 0 spiro atoms. The number of rotatable bonds is 5. The molecule has 0 aromatic heterocycles. The summed E-state index contributed by atoms with van der Waals surface area (Å²) in [5.41, 5.74) is 2.61. The monoisotopic (exact) mass is 192 g/mol. The normalized spacial score (nSPS) is 18.1. The Hall–Kier alpha value is -0.850. The van der Waals surface area contributed by atoms with E-state index in [0.29, 0.717) is 11.7 Å². The average molecular weight is 192 g/mol. The molecule has 0 fully saturated rings. The maximum Gasteiger partial charge on any atom is 0.155 e. The summed E-state index contributed by atoms with van der Waals surface area (Å²) in [5, 5.41) is 0. The Balaban J connectivity index is 2.26. The van der Waals surface area contributed by atoms with Crippen molar-refractivity contribution in [2.75, 3.05) is 0 Å². The molecular weight excluding hydrogens is 172 g/mol. The second kappa shape index (κ2) is 5.14. The van der Waals surface area contributed by atoms with Crippen molar-refractivity contribution in [3.63, 3.8) is 0 Å². The molecule has 14 heavy (non-hydrogen) atoms. The van der Waals surface area contributed by atoms with E-state index in [1.165, 1.54) is 17.6 Å². The van der Waals surface area contributed by atoms with E-state index in [1.54, 1.807) is 0 Å². The molecule has 1 atom stereocenters. The summed E-state index contributed by atoms with van der Waals surface area (Å²) in [7, 11) is 0. The molecule has 0 saturated carbocycles. The summed E-state index contributed by atoms with van der Waals surface area (Å²) in [5.74, 6) is 0.996. The quantitative estimate of drug-likeness (QED) is 0.607. The summed E-state index contributed by atoms with van der Waals surface area (Å²) in [6.07, 6.45) is 6.98. The van der Waals surface area contributed by atoms with E-state index >= 15 is 0 Å². The van der Waals surface area contributed by atoms with Gasteiger partial charge in [0.1, 0.15) is 0 Å². The molecule has 0 aromatic carbocycles. The van der Waals surface area contributed by atoms with Crippen molar-refractivity contribution in [2.45, 2.75) is 46.0 Å². The first-order valence-corrected chi connectivity index (χ1v) is 5.44. The van der Waals surface area contributed by atoms with Crippen LogP contribution in [-0.4, -0.2) is 5.78 Å². The predicted molar refractivity (Wildman–Crippen MR) is 60.2 cm³/mol. The lowest BCUT2D eigenvalue weighted by molar-refractivity contribution is -0.114. The molecule has 0 N–H and O–H groups in total. The topological polar surface area (TPSA) is 17.1 Å². The van der Waals surface area contributed by atoms with E-state index in [9.17, 15) is 4.79 Å². The highest BCUT2D eigenvalue weighted by molar-refractivity contribution is 5.92. The van der Waals surface area contributed by atoms with Crippen LogP contribution < -0.4 is 0 Å². The van der Waals surface area contributed by atoms with Crippen LogP contribution in [0.1, 0.15) is 46.0 Å². The highest BCUT2D eigenvalue weighted by Crippen LogP contribution is 2.25. The van der Waals surface area contributed by atoms with Gasteiger partial charge in [-0.25, -0.2) is 0 Å². The maximum absolute atomic E-state index is 11.0. The van der Waals surface area contributed by atoms with Crippen molar-refractivity contribution in [1.29, 1.82) is 0 Å². The molecule has 1 aliphatic carbocycles. The summed E-state index contributed by atoms with van der Waals surface area (Å²) in [6, 6.07) is 0. The van der Waals surface area contributed by atoms with Crippen molar-refractivity contribution in [1.82, 2.24) is 0 Å². The van der Waals surface area contributed by atoms with Crippen molar-refractivity contribution < 1.29 is 4.79 Å². The fourth-order valence-electron chi connectivity index (χ4n) is 1.86. The number of carbonyl (C=O) groups excluding carboxylic acids is 1. The van der Waals surface area contributed by atoms with Crippen LogP contribution in [0.4, 0.5) is 0 Å². The van der Waals surface area contributed by atoms with Crippen molar-refractivity contribution in [3.05, 3.63) is 23.8 Å². The molecule has 1 rings (SSSR count). The third-order valence-corrected chi connectivity index (χ3v) is 2.73.